The van der Waals surface area contributed by atoms with Crippen LogP contribution in [0.1, 0.15) is 6.42 Å². The van der Waals surface area contributed by atoms with Crippen LogP contribution in [-0.4, -0.2) is 30.7 Å². The van der Waals surface area contributed by atoms with E-state index in [1.54, 1.807) is 11.8 Å². The van der Waals surface area contributed by atoms with Crippen molar-refractivity contribution in [2.45, 2.75) is 6.42 Å². The van der Waals surface area contributed by atoms with Gasteiger partial charge in [-0.1, -0.05) is 30.0 Å². The summed E-state index contributed by atoms with van der Waals surface area (Å²) in [6.07, 6.45) is 2.74. The average Bonchev–Trinajstić information content (AvgIpc) is 2.46. The fraction of sp³-hybridized carbons (Fsp3) is 0.357. The first-order valence-electron chi connectivity index (χ1n) is 6.24. The Morgan fingerprint density at radius 1 is 1.16 bits per heavy atom. The van der Waals surface area contributed by atoms with E-state index < -0.39 is 0 Å². The second-order valence-electron chi connectivity index (χ2n) is 4.07. The lowest BCUT2D eigenvalue weighted by Crippen LogP contribution is -2.12. The first-order chi connectivity index (χ1) is 9.34. The zero-order valence-electron chi connectivity index (χ0n) is 10.7. The highest BCUT2D eigenvalue weighted by atomic mass is 32.2. The number of thioether (sulfide) groups is 1. The molecule has 1 aliphatic rings. The van der Waals surface area contributed by atoms with Gasteiger partial charge in [-0.05, 0) is 24.1 Å². The van der Waals surface area contributed by atoms with E-state index in [1.165, 1.54) is 5.57 Å². The molecule has 2 rings (SSSR count). The third-order valence-corrected chi connectivity index (χ3v) is 3.50. The smallest absolute Gasteiger partial charge is 0.158 e. The Balaban J connectivity index is 1.53. The molecule has 0 spiro atoms. The number of nitrogens with two attached hydrogens (primary N) is 1. The van der Waals surface area contributed by atoms with Gasteiger partial charge in [0.05, 0.1) is 13.2 Å². The highest BCUT2D eigenvalue weighted by molar-refractivity contribution is 8.14. The fourth-order valence-electron chi connectivity index (χ4n) is 1.57. The minimum absolute atomic E-state index is 0.572. The van der Waals surface area contributed by atoms with E-state index in [9.17, 15) is 0 Å². The Labute approximate surface area is 117 Å². The predicted octanol–water partition coefficient (Wildman–Crippen LogP) is 2.42. The molecule has 1 aromatic rings. The molecule has 0 radical (unpaired) electrons. The molecule has 0 atom stereocenters. The number of para-hydroxylation sites is 1. The number of nitrogens with zero attached hydrogens (tertiary/aromatic N) is 1. The summed E-state index contributed by atoms with van der Waals surface area (Å²) in [5.41, 5.74) is 6.83. The second-order valence-corrected chi connectivity index (χ2v) is 5.06. The molecule has 0 fully saturated rings. The zero-order chi connectivity index (χ0) is 13.3. The summed E-state index contributed by atoms with van der Waals surface area (Å²) >= 11 is 1.57. The standard InChI is InChI=1S/C14H18N2O2S/c15-14-16-10-12(11-19-14)6-7-17-8-9-18-13-4-2-1-3-5-13/h1-5,10H,6-9,11H2,(H2,15,16). The Hall–Kier alpha value is -1.46. The molecule has 1 aliphatic heterocycles. The van der Waals surface area contributed by atoms with Crippen LogP contribution in [0, 0.1) is 0 Å². The van der Waals surface area contributed by atoms with Crippen LogP contribution in [0.5, 0.6) is 5.75 Å². The van der Waals surface area contributed by atoms with Gasteiger partial charge in [-0.2, -0.15) is 0 Å². The minimum Gasteiger partial charge on any atom is -0.491 e. The van der Waals surface area contributed by atoms with E-state index in [-0.39, 0.29) is 0 Å². The van der Waals surface area contributed by atoms with Gasteiger partial charge in [0, 0.05) is 12.0 Å². The van der Waals surface area contributed by atoms with Crippen molar-refractivity contribution in [1.29, 1.82) is 0 Å². The van der Waals surface area contributed by atoms with Crippen molar-refractivity contribution in [3.05, 3.63) is 42.1 Å². The van der Waals surface area contributed by atoms with E-state index in [4.69, 9.17) is 15.2 Å². The van der Waals surface area contributed by atoms with Gasteiger partial charge < -0.3 is 15.2 Å². The number of hydrogen-bond donors (Lipinski definition) is 1. The highest BCUT2D eigenvalue weighted by Crippen LogP contribution is 2.16. The zero-order valence-corrected chi connectivity index (χ0v) is 11.6. The van der Waals surface area contributed by atoms with Crippen molar-refractivity contribution in [1.82, 2.24) is 0 Å². The predicted molar refractivity (Wildman–Crippen MR) is 79.5 cm³/mol. The molecule has 0 aromatic heterocycles. The molecular weight excluding hydrogens is 260 g/mol. The highest BCUT2D eigenvalue weighted by Gasteiger charge is 2.05. The maximum absolute atomic E-state index is 5.57. The average molecular weight is 278 g/mol. The Kier molecular flexibility index (Phi) is 5.78. The first-order valence-corrected chi connectivity index (χ1v) is 7.23. The van der Waals surface area contributed by atoms with E-state index in [0.717, 1.165) is 17.9 Å². The Morgan fingerprint density at radius 3 is 2.74 bits per heavy atom. The fourth-order valence-corrected chi connectivity index (χ4v) is 2.25. The van der Waals surface area contributed by atoms with Crippen molar-refractivity contribution in [3.63, 3.8) is 0 Å². The molecule has 1 aromatic carbocycles. The van der Waals surface area contributed by atoms with Crippen LogP contribution in [0.25, 0.3) is 0 Å². The number of rotatable bonds is 7. The number of hydrogen-bond acceptors (Lipinski definition) is 5. The van der Waals surface area contributed by atoms with Crippen molar-refractivity contribution in [3.8, 4) is 5.75 Å². The third kappa shape index (κ3) is 5.36. The number of benzene rings is 1. The molecule has 5 heteroatoms. The van der Waals surface area contributed by atoms with Crippen LogP contribution < -0.4 is 10.5 Å². The minimum atomic E-state index is 0.572. The first kappa shape index (κ1) is 14.0. The Bertz CT molecular complexity index is 446. The van der Waals surface area contributed by atoms with Crippen molar-refractivity contribution < 1.29 is 9.47 Å². The van der Waals surface area contributed by atoms with E-state index >= 15 is 0 Å². The summed E-state index contributed by atoms with van der Waals surface area (Å²) < 4.78 is 11.1. The van der Waals surface area contributed by atoms with Gasteiger partial charge in [-0.25, -0.2) is 4.99 Å². The summed E-state index contributed by atoms with van der Waals surface area (Å²) in [7, 11) is 0. The van der Waals surface area contributed by atoms with Gasteiger partial charge in [0.2, 0.25) is 0 Å². The lowest BCUT2D eigenvalue weighted by molar-refractivity contribution is 0.102. The van der Waals surface area contributed by atoms with Crippen LogP contribution in [0.3, 0.4) is 0 Å². The number of aliphatic imine (C=N–C) groups is 1. The van der Waals surface area contributed by atoms with E-state index in [1.807, 2.05) is 36.5 Å². The summed E-state index contributed by atoms with van der Waals surface area (Å²) in [6, 6.07) is 9.75. The molecule has 0 saturated heterocycles. The maximum atomic E-state index is 5.57. The monoisotopic (exact) mass is 278 g/mol. The van der Waals surface area contributed by atoms with E-state index in [2.05, 4.69) is 4.99 Å². The Morgan fingerprint density at radius 2 is 2.00 bits per heavy atom. The van der Waals surface area contributed by atoms with Gasteiger partial charge in [0.15, 0.2) is 5.17 Å². The second kappa shape index (κ2) is 7.86. The van der Waals surface area contributed by atoms with Crippen molar-refractivity contribution >= 4 is 16.9 Å². The van der Waals surface area contributed by atoms with Crippen molar-refractivity contribution in [2.75, 3.05) is 25.6 Å². The largest absolute Gasteiger partial charge is 0.491 e. The lowest BCUT2D eigenvalue weighted by atomic mass is 10.2. The molecule has 1 heterocycles. The number of amidine groups is 1. The van der Waals surface area contributed by atoms with Gasteiger partial charge in [0.1, 0.15) is 12.4 Å². The van der Waals surface area contributed by atoms with Gasteiger partial charge in [-0.15, -0.1) is 0 Å². The summed E-state index contributed by atoms with van der Waals surface area (Å²) in [6.45, 7) is 1.86. The SMILES string of the molecule is NC1=NC=C(CCOCCOc2ccccc2)CS1. The molecule has 102 valence electrons. The molecule has 0 bridgehead atoms. The maximum Gasteiger partial charge on any atom is 0.158 e. The summed E-state index contributed by atoms with van der Waals surface area (Å²) in [5, 5.41) is 0.640. The molecule has 4 nitrogen and oxygen atoms in total. The van der Waals surface area contributed by atoms with Crippen LogP contribution in [0.2, 0.25) is 0 Å². The van der Waals surface area contributed by atoms with Gasteiger partial charge >= 0.3 is 0 Å². The number of ether oxygens (including phenoxy) is 2. The molecule has 19 heavy (non-hydrogen) atoms. The van der Waals surface area contributed by atoms with Crippen molar-refractivity contribution in [2.24, 2.45) is 10.7 Å². The molecule has 0 amide bonds. The quantitative estimate of drug-likeness (QED) is 0.778. The molecule has 0 saturated carbocycles. The van der Waals surface area contributed by atoms with Crippen LogP contribution >= 0.6 is 11.8 Å². The van der Waals surface area contributed by atoms with Crippen LogP contribution in [-0.2, 0) is 4.74 Å². The summed E-state index contributed by atoms with van der Waals surface area (Å²) in [5.74, 6) is 1.79. The topological polar surface area (TPSA) is 56.8 Å². The third-order valence-electron chi connectivity index (χ3n) is 2.59. The molecular formula is C14H18N2O2S. The normalized spacial score (nSPS) is 14.7. The van der Waals surface area contributed by atoms with Gasteiger partial charge in [-0.3, -0.25) is 0 Å². The molecule has 2 N–H and O–H groups in total. The summed E-state index contributed by atoms with van der Waals surface area (Å²) in [4.78, 5) is 4.08. The van der Waals surface area contributed by atoms with Crippen LogP contribution in [0.15, 0.2) is 47.1 Å². The lowest BCUT2D eigenvalue weighted by Gasteiger charge is -2.11. The van der Waals surface area contributed by atoms with Crippen LogP contribution in [0.4, 0.5) is 0 Å². The van der Waals surface area contributed by atoms with E-state index in [0.29, 0.717) is 25.0 Å². The van der Waals surface area contributed by atoms with Gasteiger partial charge in [0.25, 0.3) is 0 Å². The molecule has 0 aliphatic carbocycles. The molecule has 0 unspecified atom stereocenters.